The van der Waals surface area contributed by atoms with E-state index in [4.69, 9.17) is 0 Å². The van der Waals surface area contributed by atoms with E-state index in [0.717, 1.165) is 5.56 Å². The number of anilines is 1. The summed E-state index contributed by atoms with van der Waals surface area (Å²) in [5.41, 5.74) is 1.11. The third kappa shape index (κ3) is 3.35. The quantitative estimate of drug-likeness (QED) is 0.802. The van der Waals surface area contributed by atoms with Gasteiger partial charge in [0, 0.05) is 5.75 Å². The van der Waals surface area contributed by atoms with Crippen LogP contribution in [0.4, 0.5) is 14.5 Å². The van der Waals surface area contributed by atoms with Crippen molar-refractivity contribution < 1.29 is 17.2 Å². The average molecular weight is 394 g/mol. The molecule has 2 atom stereocenters. The molecule has 2 aromatic carbocycles. The lowest BCUT2D eigenvalue weighted by molar-refractivity contribution is 0.600. The Morgan fingerprint density at radius 1 is 1.12 bits per heavy atom. The maximum absolute atomic E-state index is 14.4. The van der Waals surface area contributed by atoms with Gasteiger partial charge < -0.3 is 4.90 Å². The van der Waals surface area contributed by atoms with E-state index >= 15 is 0 Å². The summed E-state index contributed by atoms with van der Waals surface area (Å²) < 4.78 is 51.7. The van der Waals surface area contributed by atoms with Crippen molar-refractivity contribution in [1.29, 1.82) is 0 Å². The minimum Gasteiger partial charge on any atom is -0.312 e. The Balaban J connectivity index is 1.64. The molecule has 26 heavy (non-hydrogen) atoms. The highest BCUT2D eigenvalue weighted by molar-refractivity contribution is 8.13. The summed E-state index contributed by atoms with van der Waals surface area (Å²) in [5, 5.41) is 0.573. The first-order valence-electron chi connectivity index (χ1n) is 8.12. The molecule has 2 aromatic rings. The van der Waals surface area contributed by atoms with Crippen molar-refractivity contribution in [3.8, 4) is 0 Å². The number of halogens is 2. The normalized spacial score (nSPS) is 23.8. The zero-order chi connectivity index (χ0) is 18.3. The lowest BCUT2D eigenvalue weighted by atomic mass is 10.1. The summed E-state index contributed by atoms with van der Waals surface area (Å²) in [5.74, 6) is -0.332. The highest BCUT2D eigenvalue weighted by Gasteiger charge is 2.47. The second-order valence-corrected chi connectivity index (χ2v) is 9.46. The number of sulfone groups is 1. The summed E-state index contributed by atoms with van der Waals surface area (Å²) in [6.45, 7) is 0. The molecule has 136 valence electrons. The number of aliphatic imine (C=N–C) groups is 1. The zero-order valence-electron chi connectivity index (χ0n) is 13.7. The van der Waals surface area contributed by atoms with Crippen molar-refractivity contribution in [2.75, 3.05) is 16.4 Å². The van der Waals surface area contributed by atoms with Gasteiger partial charge in [-0.2, -0.15) is 0 Å². The van der Waals surface area contributed by atoms with Gasteiger partial charge in [0.15, 0.2) is 15.0 Å². The lowest BCUT2D eigenvalue weighted by Gasteiger charge is -2.26. The summed E-state index contributed by atoms with van der Waals surface area (Å²) in [6.07, 6.45) is 0. The summed E-state index contributed by atoms with van der Waals surface area (Å²) in [6, 6.07) is 11.8. The summed E-state index contributed by atoms with van der Waals surface area (Å²) in [7, 11) is -3.19. The first kappa shape index (κ1) is 17.5. The van der Waals surface area contributed by atoms with Crippen LogP contribution in [0.2, 0.25) is 0 Å². The predicted octanol–water partition coefficient (Wildman–Crippen LogP) is 3.24. The predicted molar refractivity (Wildman–Crippen MR) is 100 cm³/mol. The van der Waals surface area contributed by atoms with E-state index < -0.39 is 27.7 Å². The number of fused-ring (bicyclic) bond motifs is 1. The molecule has 2 aliphatic rings. The molecule has 8 heteroatoms. The molecule has 4 nitrogen and oxygen atoms in total. The standard InChI is InChI=1S/C18H16F2N2O2S2/c19-13-5-3-4-12(8-13)9-25-18-21-15-10-26(23,24)11-17(15)22(18)16-7-2-1-6-14(16)20/h1-8,15,17H,9-11H2. The van der Waals surface area contributed by atoms with Crippen LogP contribution in [-0.2, 0) is 15.6 Å². The number of rotatable bonds is 3. The van der Waals surface area contributed by atoms with Crippen molar-refractivity contribution >= 4 is 32.5 Å². The summed E-state index contributed by atoms with van der Waals surface area (Å²) >= 11 is 1.36. The largest absolute Gasteiger partial charge is 0.312 e. The number of hydrogen-bond donors (Lipinski definition) is 0. The first-order chi connectivity index (χ1) is 12.4. The maximum Gasteiger partial charge on any atom is 0.164 e. The van der Waals surface area contributed by atoms with Crippen LogP contribution in [0.5, 0.6) is 0 Å². The Morgan fingerprint density at radius 2 is 1.92 bits per heavy atom. The van der Waals surface area contributed by atoms with Crippen molar-refractivity contribution in [3.63, 3.8) is 0 Å². The van der Waals surface area contributed by atoms with Crippen LogP contribution in [0.25, 0.3) is 0 Å². The topological polar surface area (TPSA) is 49.7 Å². The van der Waals surface area contributed by atoms with Gasteiger partial charge in [-0.25, -0.2) is 17.2 Å². The fourth-order valence-electron chi connectivity index (χ4n) is 3.34. The lowest BCUT2D eigenvalue weighted by Crippen LogP contribution is -2.39. The van der Waals surface area contributed by atoms with E-state index in [1.165, 1.54) is 30.0 Å². The Kier molecular flexibility index (Phi) is 4.48. The van der Waals surface area contributed by atoms with E-state index in [1.54, 1.807) is 29.2 Å². The molecule has 0 aromatic heterocycles. The molecule has 2 heterocycles. The molecule has 2 aliphatic heterocycles. The monoisotopic (exact) mass is 394 g/mol. The van der Waals surface area contributed by atoms with Crippen LogP contribution < -0.4 is 4.90 Å². The van der Waals surface area contributed by atoms with Gasteiger partial charge in [0.25, 0.3) is 0 Å². The molecule has 0 bridgehead atoms. The smallest absolute Gasteiger partial charge is 0.164 e. The molecular weight excluding hydrogens is 378 g/mol. The van der Waals surface area contributed by atoms with E-state index in [9.17, 15) is 17.2 Å². The number of thioether (sulfide) groups is 1. The fourth-order valence-corrected chi connectivity index (χ4v) is 6.24. The molecular formula is C18H16F2N2O2S2. The van der Waals surface area contributed by atoms with Crippen molar-refractivity contribution in [2.24, 2.45) is 4.99 Å². The maximum atomic E-state index is 14.4. The number of amidine groups is 1. The van der Waals surface area contributed by atoms with Crippen LogP contribution in [0, 0.1) is 11.6 Å². The summed E-state index contributed by atoms with van der Waals surface area (Å²) in [4.78, 5) is 6.24. The molecule has 2 unspecified atom stereocenters. The van der Waals surface area contributed by atoms with Gasteiger partial charge in [-0.1, -0.05) is 36.0 Å². The van der Waals surface area contributed by atoms with Crippen molar-refractivity contribution in [2.45, 2.75) is 17.8 Å². The first-order valence-corrected chi connectivity index (χ1v) is 10.9. The average Bonchev–Trinajstić information content (AvgIpc) is 3.05. The number of nitrogens with zero attached hydrogens (tertiary/aromatic N) is 2. The Bertz CT molecular complexity index is 979. The minimum atomic E-state index is -3.19. The minimum absolute atomic E-state index is 0.0212. The molecule has 0 saturated carbocycles. The van der Waals surface area contributed by atoms with Crippen LogP contribution in [0.1, 0.15) is 5.56 Å². The Hall–Kier alpha value is -1.93. The van der Waals surface area contributed by atoms with Gasteiger partial charge >= 0.3 is 0 Å². The molecule has 0 aliphatic carbocycles. The third-order valence-corrected chi connectivity index (χ3v) is 7.21. The molecule has 0 N–H and O–H groups in total. The highest BCUT2D eigenvalue weighted by atomic mass is 32.2. The van der Waals surface area contributed by atoms with Crippen molar-refractivity contribution in [3.05, 3.63) is 65.7 Å². The van der Waals surface area contributed by atoms with Crippen LogP contribution >= 0.6 is 11.8 Å². The Morgan fingerprint density at radius 3 is 2.69 bits per heavy atom. The van der Waals surface area contributed by atoms with Crippen molar-refractivity contribution in [1.82, 2.24) is 0 Å². The second-order valence-electron chi connectivity index (χ2n) is 6.36. The van der Waals surface area contributed by atoms with Gasteiger partial charge in [-0.05, 0) is 29.8 Å². The number of hydrogen-bond acceptors (Lipinski definition) is 5. The third-order valence-electron chi connectivity index (χ3n) is 4.48. The van der Waals surface area contributed by atoms with Gasteiger partial charge in [0.1, 0.15) is 11.6 Å². The van der Waals surface area contributed by atoms with E-state index in [2.05, 4.69) is 4.99 Å². The fraction of sp³-hybridized carbons (Fsp3) is 0.278. The molecule has 4 rings (SSSR count). The van der Waals surface area contributed by atoms with Crippen LogP contribution in [-0.4, -0.2) is 37.2 Å². The van der Waals surface area contributed by atoms with Gasteiger partial charge in [0.2, 0.25) is 0 Å². The highest BCUT2D eigenvalue weighted by Crippen LogP contribution is 2.36. The van der Waals surface area contributed by atoms with E-state index in [-0.39, 0.29) is 17.3 Å². The van der Waals surface area contributed by atoms with Gasteiger partial charge in [-0.15, -0.1) is 0 Å². The van der Waals surface area contributed by atoms with Crippen LogP contribution in [0.15, 0.2) is 53.5 Å². The SMILES string of the molecule is O=S1(=O)CC2N=C(SCc3cccc(F)c3)N(c3ccccc3F)C2C1. The molecule has 0 amide bonds. The van der Waals surface area contributed by atoms with E-state index in [0.29, 0.717) is 16.6 Å². The zero-order valence-corrected chi connectivity index (χ0v) is 15.3. The molecule has 0 spiro atoms. The second kappa shape index (κ2) is 6.66. The Labute approximate surface area is 154 Å². The molecule has 0 radical (unpaired) electrons. The van der Waals surface area contributed by atoms with Gasteiger partial charge in [0.05, 0.1) is 29.3 Å². The molecule has 1 saturated heterocycles. The number of para-hydroxylation sites is 1. The van der Waals surface area contributed by atoms with Crippen LogP contribution in [0.3, 0.4) is 0 Å². The number of benzene rings is 2. The molecule has 1 fully saturated rings. The van der Waals surface area contributed by atoms with Gasteiger partial charge in [-0.3, -0.25) is 4.99 Å². The van der Waals surface area contributed by atoms with E-state index in [1.807, 2.05) is 6.07 Å².